The molecule has 1 aromatic heterocycles. The van der Waals surface area contributed by atoms with Gasteiger partial charge in [-0.05, 0) is 31.0 Å². The fourth-order valence-corrected chi connectivity index (χ4v) is 2.87. The van der Waals surface area contributed by atoms with Gasteiger partial charge in [0.05, 0.1) is 5.69 Å². The summed E-state index contributed by atoms with van der Waals surface area (Å²) in [5, 5.41) is 6.76. The SMILES string of the molecule is Brc1cccc(Nc2nc(NC3CC3)cc(-c3ccccc3)n2)c1. The average molecular weight is 381 g/mol. The second-order valence-electron chi connectivity index (χ2n) is 5.88. The Labute approximate surface area is 149 Å². The van der Waals surface area contributed by atoms with Crippen LogP contribution in [0.15, 0.2) is 65.1 Å². The zero-order valence-electron chi connectivity index (χ0n) is 13.0. The smallest absolute Gasteiger partial charge is 0.229 e. The van der Waals surface area contributed by atoms with Crippen molar-refractivity contribution in [2.24, 2.45) is 0 Å². The third kappa shape index (κ3) is 3.74. The van der Waals surface area contributed by atoms with Crippen molar-refractivity contribution >= 4 is 33.4 Å². The molecule has 120 valence electrons. The monoisotopic (exact) mass is 380 g/mol. The predicted octanol–water partition coefficient (Wildman–Crippen LogP) is 5.22. The fraction of sp³-hybridized carbons (Fsp3) is 0.158. The van der Waals surface area contributed by atoms with Gasteiger partial charge in [-0.3, -0.25) is 0 Å². The Bertz CT molecular complexity index is 847. The molecule has 2 N–H and O–H groups in total. The Balaban J connectivity index is 1.69. The summed E-state index contributed by atoms with van der Waals surface area (Å²) in [6.07, 6.45) is 2.41. The molecule has 1 aliphatic carbocycles. The minimum Gasteiger partial charge on any atom is -0.367 e. The molecule has 0 spiro atoms. The molecule has 0 amide bonds. The highest BCUT2D eigenvalue weighted by molar-refractivity contribution is 9.10. The van der Waals surface area contributed by atoms with E-state index in [2.05, 4.69) is 48.7 Å². The summed E-state index contributed by atoms with van der Waals surface area (Å²) in [6.45, 7) is 0. The first-order valence-corrected chi connectivity index (χ1v) is 8.79. The second kappa shape index (κ2) is 6.61. The Kier molecular flexibility index (Phi) is 4.17. The number of hydrogen-bond acceptors (Lipinski definition) is 4. The highest BCUT2D eigenvalue weighted by atomic mass is 79.9. The highest BCUT2D eigenvalue weighted by Crippen LogP contribution is 2.28. The lowest BCUT2D eigenvalue weighted by Gasteiger charge is -2.11. The Morgan fingerprint density at radius 3 is 2.50 bits per heavy atom. The molecule has 2 aromatic carbocycles. The lowest BCUT2D eigenvalue weighted by molar-refractivity contribution is 1.09. The van der Waals surface area contributed by atoms with E-state index in [0.29, 0.717) is 12.0 Å². The van der Waals surface area contributed by atoms with Crippen molar-refractivity contribution in [3.63, 3.8) is 0 Å². The summed E-state index contributed by atoms with van der Waals surface area (Å²) >= 11 is 3.49. The van der Waals surface area contributed by atoms with Gasteiger partial charge in [0, 0.05) is 27.8 Å². The van der Waals surface area contributed by atoms with E-state index in [1.54, 1.807) is 0 Å². The molecule has 4 rings (SSSR count). The van der Waals surface area contributed by atoms with Gasteiger partial charge in [-0.1, -0.05) is 52.3 Å². The lowest BCUT2D eigenvalue weighted by Crippen LogP contribution is -2.06. The maximum atomic E-state index is 4.68. The van der Waals surface area contributed by atoms with Crippen molar-refractivity contribution < 1.29 is 0 Å². The van der Waals surface area contributed by atoms with E-state index < -0.39 is 0 Å². The number of nitrogens with one attached hydrogen (secondary N) is 2. The van der Waals surface area contributed by atoms with Crippen LogP contribution in [0.2, 0.25) is 0 Å². The van der Waals surface area contributed by atoms with Crippen molar-refractivity contribution in [1.82, 2.24) is 9.97 Å². The van der Waals surface area contributed by atoms with Crippen molar-refractivity contribution in [2.75, 3.05) is 10.6 Å². The molecular formula is C19H17BrN4. The van der Waals surface area contributed by atoms with Gasteiger partial charge in [-0.15, -0.1) is 0 Å². The lowest BCUT2D eigenvalue weighted by atomic mass is 10.1. The van der Waals surface area contributed by atoms with Crippen molar-refractivity contribution in [3.8, 4) is 11.3 Å². The van der Waals surface area contributed by atoms with Gasteiger partial charge in [0.2, 0.25) is 5.95 Å². The molecule has 0 unspecified atom stereocenters. The van der Waals surface area contributed by atoms with Crippen LogP contribution in [0.5, 0.6) is 0 Å². The van der Waals surface area contributed by atoms with Crippen LogP contribution in [-0.4, -0.2) is 16.0 Å². The number of halogens is 1. The molecule has 1 heterocycles. The molecule has 1 aliphatic rings. The third-order valence-electron chi connectivity index (χ3n) is 3.81. The summed E-state index contributed by atoms with van der Waals surface area (Å²) in [5.74, 6) is 1.46. The number of anilines is 3. The van der Waals surface area contributed by atoms with Gasteiger partial charge < -0.3 is 10.6 Å². The second-order valence-corrected chi connectivity index (χ2v) is 6.80. The molecule has 0 bridgehead atoms. The molecular weight excluding hydrogens is 364 g/mol. The number of rotatable bonds is 5. The van der Waals surface area contributed by atoms with Gasteiger partial charge in [0.15, 0.2) is 0 Å². The predicted molar refractivity (Wildman–Crippen MR) is 102 cm³/mol. The highest BCUT2D eigenvalue weighted by Gasteiger charge is 2.22. The van der Waals surface area contributed by atoms with Crippen molar-refractivity contribution in [1.29, 1.82) is 0 Å². The maximum absolute atomic E-state index is 4.68. The van der Waals surface area contributed by atoms with E-state index in [-0.39, 0.29) is 0 Å². The van der Waals surface area contributed by atoms with Crippen LogP contribution >= 0.6 is 15.9 Å². The standard InChI is InChI=1S/C19H17BrN4/c20-14-7-4-8-16(11-14)22-19-23-17(13-5-2-1-3-6-13)12-18(24-19)21-15-9-10-15/h1-8,11-12,15H,9-10H2,(H2,21,22,23,24). The molecule has 0 atom stereocenters. The maximum Gasteiger partial charge on any atom is 0.229 e. The van der Waals surface area contributed by atoms with Gasteiger partial charge in [0.25, 0.3) is 0 Å². The van der Waals surface area contributed by atoms with Gasteiger partial charge >= 0.3 is 0 Å². The molecule has 1 fully saturated rings. The molecule has 0 saturated heterocycles. The van der Waals surface area contributed by atoms with Crippen LogP contribution in [-0.2, 0) is 0 Å². The Hall–Kier alpha value is -2.40. The van der Waals surface area contributed by atoms with E-state index in [9.17, 15) is 0 Å². The molecule has 4 nitrogen and oxygen atoms in total. The van der Waals surface area contributed by atoms with Crippen LogP contribution in [0, 0.1) is 0 Å². The quantitative estimate of drug-likeness (QED) is 0.636. The first-order chi connectivity index (χ1) is 11.8. The minimum absolute atomic E-state index is 0.544. The molecule has 24 heavy (non-hydrogen) atoms. The summed E-state index contributed by atoms with van der Waals surface area (Å²) in [5.41, 5.74) is 2.94. The zero-order chi connectivity index (χ0) is 16.4. The first kappa shape index (κ1) is 15.1. The number of hydrogen-bond donors (Lipinski definition) is 2. The Morgan fingerprint density at radius 2 is 1.75 bits per heavy atom. The van der Waals surface area contributed by atoms with Crippen LogP contribution in [0.25, 0.3) is 11.3 Å². The largest absolute Gasteiger partial charge is 0.367 e. The van der Waals surface area contributed by atoms with E-state index >= 15 is 0 Å². The fourth-order valence-electron chi connectivity index (χ4n) is 2.47. The molecule has 5 heteroatoms. The van der Waals surface area contributed by atoms with Crippen LogP contribution < -0.4 is 10.6 Å². The summed E-state index contributed by atoms with van der Waals surface area (Å²) in [7, 11) is 0. The molecule has 3 aromatic rings. The molecule has 0 radical (unpaired) electrons. The number of nitrogens with zero attached hydrogens (tertiary/aromatic N) is 2. The normalized spacial score (nSPS) is 13.5. The van der Waals surface area contributed by atoms with Crippen molar-refractivity contribution in [2.45, 2.75) is 18.9 Å². The molecule has 1 saturated carbocycles. The van der Waals surface area contributed by atoms with Crippen molar-refractivity contribution in [3.05, 3.63) is 65.1 Å². The van der Waals surface area contributed by atoms with Gasteiger partial charge in [0.1, 0.15) is 5.82 Å². The van der Waals surface area contributed by atoms with Gasteiger partial charge in [-0.25, -0.2) is 4.98 Å². The topological polar surface area (TPSA) is 49.8 Å². The van der Waals surface area contributed by atoms with Gasteiger partial charge in [-0.2, -0.15) is 4.98 Å². The Morgan fingerprint density at radius 1 is 0.917 bits per heavy atom. The molecule has 0 aliphatic heterocycles. The number of aromatic nitrogens is 2. The van der Waals surface area contributed by atoms with E-state index in [1.807, 2.05) is 48.5 Å². The van der Waals surface area contributed by atoms with Crippen LogP contribution in [0.4, 0.5) is 17.5 Å². The summed E-state index contributed by atoms with van der Waals surface area (Å²) in [6, 6.07) is 20.7. The third-order valence-corrected chi connectivity index (χ3v) is 4.30. The van der Waals surface area contributed by atoms with E-state index in [1.165, 1.54) is 12.8 Å². The summed E-state index contributed by atoms with van der Waals surface area (Å²) in [4.78, 5) is 9.29. The summed E-state index contributed by atoms with van der Waals surface area (Å²) < 4.78 is 1.02. The van der Waals surface area contributed by atoms with Crippen LogP contribution in [0.1, 0.15) is 12.8 Å². The first-order valence-electron chi connectivity index (χ1n) is 8.00. The number of benzene rings is 2. The average Bonchev–Trinajstić information content (AvgIpc) is 3.39. The zero-order valence-corrected chi connectivity index (χ0v) is 14.6. The minimum atomic E-state index is 0.544. The van der Waals surface area contributed by atoms with Crippen LogP contribution in [0.3, 0.4) is 0 Å². The van der Waals surface area contributed by atoms with E-state index in [4.69, 9.17) is 0 Å². The van der Waals surface area contributed by atoms with E-state index in [0.717, 1.165) is 27.2 Å².